The lowest BCUT2D eigenvalue weighted by molar-refractivity contribution is -0.119. The van der Waals surface area contributed by atoms with Crippen LogP contribution in [0, 0.1) is 0 Å². The van der Waals surface area contributed by atoms with Gasteiger partial charge in [0, 0.05) is 12.6 Å². The quantitative estimate of drug-likeness (QED) is 0.694. The molecule has 13 heavy (non-hydrogen) atoms. The van der Waals surface area contributed by atoms with Gasteiger partial charge >= 0.3 is 0 Å². The van der Waals surface area contributed by atoms with Gasteiger partial charge < -0.3 is 5.32 Å². The lowest BCUT2D eigenvalue weighted by atomic mass is 10.1. The number of hydrogen-bond acceptors (Lipinski definition) is 2. The highest BCUT2D eigenvalue weighted by Crippen LogP contribution is 2.02. The van der Waals surface area contributed by atoms with Gasteiger partial charge in [-0.25, -0.2) is 0 Å². The van der Waals surface area contributed by atoms with E-state index in [0.29, 0.717) is 12.0 Å². The van der Waals surface area contributed by atoms with Crippen LogP contribution in [0.2, 0.25) is 0 Å². The van der Waals surface area contributed by atoms with Crippen molar-refractivity contribution in [1.29, 1.82) is 0 Å². The highest BCUT2D eigenvalue weighted by molar-refractivity contribution is 5.79. The van der Waals surface area contributed by atoms with Crippen LogP contribution >= 0.6 is 0 Å². The summed E-state index contributed by atoms with van der Waals surface area (Å²) in [6.45, 7) is 0. The first-order valence-corrected chi connectivity index (χ1v) is 4.01. The summed E-state index contributed by atoms with van der Waals surface area (Å²) in [6, 6.07) is 6.95. The zero-order valence-corrected chi connectivity index (χ0v) is 7.41. The Kier molecular flexibility index (Phi) is 3.20. The molecule has 0 atom stereocenters. The van der Waals surface area contributed by atoms with Crippen molar-refractivity contribution in [2.75, 3.05) is 7.05 Å². The van der Waals surface area contributed by atoms with Crippen molar-refractivity contribution < 1.29 is 9.59 Å². The molecule has 3 nitrogen and oxygen atoms in total. The van der Waals surface area contributed by atoms with Crippen molar-refractivity contribution >= 4 is 12.2 Å². The number of aldehydes is 1. The molecular formula is C10H11NO2. The minimum Gasteiger partial charge on any atom is -0.359 e. The van der Waals surface area contributed by atoms with Gasteiger partial charge in [-0.1, -0.05) is 24.3 Å². The van der Waals surface area contributed by atoms with Crippen LogP contribution in [0.4, 0.5) is 0 Å². The molecule has 0 bridgehead atoms. The molecule has 0 spiro atoms. The summed E-state index contributed by atoms with van der Waals surface area (Å²) in [6.07, 6.45) is 1.14. The van der Waals surface area contributed by atoms with Crippen LogP contribution in [0.25, 0.3) is 0 Å². The average molecular weight is 177 g/mol. The van der Waals surface area contributed by atoms with Crippen molar-refractivity contribution in [3.05, 3.63) is 35.4 Å². The number of benzene rings is 1. The molecule has 0 unspecified atom stereocenters. The zero-order valence-electron chi connectivity index (χ0n) is 7.41. The predicted octanol–water partition coefficient (Wildman–Crippen LogP) is 0.788. The second-order valence-corrected chi connectivity index (χ2v) is 2.71. The number of rotatable bonds is 3. The summed E-state index contributed by atoms with van der Waals surface area (Å²) in [7, 11) is 1.60. The Morgan fingerprint density at radius 3 is 2.46 bits per heavy atom. The van der Waals surface area contributed by atoms with Crippen molar-refractivity contribution in [3.8, 4) is 0 Å². The van der Waals surface area contributed by atoms with Gasteiger partial charge in [0.05, 0.1) is 6.42 Å². The molecule has 1 aromatic carbocycles. The summed E-state index contributed by atoms with van der Waals surface area (Å²) in [5.41, 5.74) is 1.53. The normalized spacial score (nSPS) is 9.31. The molecule has 0 aliphatic carbocycles. The number of hydrogen-bond donors (Lipinski definition) is 1. The van der Waals surface area contributed by atoms with E-state index in [0.717, 1.165) is 11.8 Å². The van der Waals surface area contributed by atoms with Crippen molar-refractivity contribution in [3.63, 3.8) is 0 Å². The van der Waals surface area contributed by atoms with E-state index in [4.69, 9.17) is 0 Å². The molecule has 3 heteroatoms. The third-order valence-electron chi connectivity index (χ3n) is 1.76. The van der Waals surface area contributed by atoms with Crippen molar-refractivity contribution in [2.24, 2.45) is 0 Å². The molecular weight excluding hydrogens is 166 g/mol. The van der Waals surface area contributed by atoms with E-state index in [1.165, 1.54) is 0 Å². The molecule has 0 aromatic heterocycles. The summed E-state index contributed by atoms with van der Waals surface area (Å²) >= 11 is 0. The Morgan fingerprint density at radius 1 is 1.38 bits per heavy atom. The molecule has 1 amide bonds. The number of carbonyl (C=O) groups excluding carboxylic acids is 2. The minimum atomic E-state index is -0.0288. The molecule has 0 saturated carbocycles. The number of nitrogens with one attached hydrogen (secondary N) is 1. The lowest BCUT2D eigenvalue weighted by Gasteiger charge is -1.99. The average Bonchev–Trinajstić information content (AvgIpc) is 2.19. The Bertz CT molecular complexity index is 303. The van der Waals surface area contributed by atoms with Crippen LogP contribution in [0.1, 0.15) is 15.9 Å². The van der Waals surface area contributed by atoms with Gasteiger partial charge in [0.15, 0.2) is 0 Å². The van der Waals surface area contributed by atoms with Gasteiger partial charge in [-0.15, -0.1) is 0 Å². The Balaban J connectivity index is 2.69. The fraction of sp³-hybridized carbons (Fsp3) is 0.200. The topological polar surface area (TPSA) is 46.2 Å². The SMILES string of the molecule is CNC(=O)Cc1ccc(C=O)cc1. The molecule has 0 radical (unpaired) electrons. The standard InChI is InChI=1S/C10H11NO2/c1-11-10(13)6-8-2-4-9(7-12)5-3-8/h2-5,7H,6H2,1H3,(H,11,13). The maximum absolute atomic E-state index is 11.0. The number of amides is 1. The largest absolute Gasteiger partial charge is 0.359 e. The third-order valence-corrected chi connectivity index (χ3v) is 1.76. The molecule has 1 N–H and O–H groups in total. The molecule has 1 aromatic rings. The number of carbonyl (C=O) groups is 2. The van der Waals surface area contributed by atoms with Gasteiger partial charge in [0.25, 0.3) is 0 Å². The summed E-state index contributed by atoms with van der Waals surface area (Å²) < 4.78 is 0. The molecule has 0 saturated heterocycles. The maximum Gasteiger partial charge on any atom is 0.224 e. The monoisotopic (exact) mass is 177 g/mol. The smallest absolute Gasteiger partial charge is 0.224 e. The summed E-state index contributed by atoms with van der Waals surface area (Å²) in [5.74, 6) is -0.0288. The van der Waals surface area contributed by atoms with Crippen molar-refractivity contribution in [1.82, 2.24) is 5.32 Å². The van der Waals surface area contributed by atoms with Gasteiger partial charge in [0.2, 0.25) is 5.91 Å². The second-order valence-electron chi connectivity index (χ2n) is 2.71. The summed E-state index contributed by atoms with van der Waals surface area (Å²) in [4.78, 5) is 21.3. The van der Waals surface area contributed by atoms with Crippen LogP contribution in [-0.4, -0.2) is 19.2 Å². The van der Waals surface area contributed by atoms with Crippen LogP contribution in [0.15, 0.2) is 24.3 Å². The first-order valence-electron chi connectivity index (χ1n) is 4.01. The van der Waals surface area contributed by atoms with Crippen LogP contribution in [0.3, 0.4) is 0 Å². The number of likely N-dealkylation sites (N-methyl/N-ethyl adjacent to an activating group) is 1. The molecule has 0 aliphatic heterocycles. The van der Waals surface area contributed by atoms with Gasteiger partial charge in [0.1, 0.15) is 6.29 Å². The van der Waals surface area contributed by atoms with Crippen LogP contribution < -0.4 is 5.32 Å². The highest BCUT2D eigenvalue weighted by atomic mass is 16.1. The van der Waals surface area contributed by atoms with E-state index in [1.54, 1.807) is 31.3 Å². The van der Waals surface area contributed by atoms with Crippen LogP contribution in [-0.2, 0) is 11.2 Å². The van der Waals surface area contributed by atoms with Crippen LogP contribution in [0.5, 0.6) is 0 Å². The third kappa shape index (κ3) is 2.71. The highest BCUT2D eigenvalue weighted by Gasteiger charge is 1.99. The first kappa shape index (κ1) is 9.45. The minimum absolute atomic E-state index is 0.0288. The molecule has 0 fully saturated rings. The fourth-order valence-corrected chi connectivity index (χ4v) is 0.988. The molecule has 0 heterocycles. The molecule has 68 valence electrons. The molecule has 1 rings (SSSR count). The second kappa shape index (κ2) is 4.40. The van der Waals surface area contributed by atoms with E-state index in [9.17, 15) is 9.59 Å². The first-order chi connectivity index (χ1) is 6.26. The molecule has 0 aliphatic rings. The van der Waals surface area contributed by atoms with Gasteiger partial charge in [-0.2, -0.15) is 0 Å². The van der Waals surface area contributed by atoms with E-state index in [-0.39, 0.29) is 5.91 Å². The lowest BCUT2D eigenvalue weighted by Crippen LogP contribution is -2.19. The van der Waals surface area contributed by atoms with E-state index >= 15 is 0 Å². The van der Waals surface area contributed by atoms with Crippen molar-refractivity contribution in [2.45, 2.75) is 6.42 Å². The zero-order chi connectivity index (χ0) is 9.68. The van der Waals surface area contributed by atoms with E-state index < -0.39 is 0 Å². The van der Waals surface area contributed by atoms with E-state index in [2.05, 4.69) is 5.32 Å². The van der Waals surface area contributed by atoms with Gasteiger partial charge in [-0.05, 0) is 5.56 Å². The predicted molar refractivity (Wildman–Crippen MR) is 49.6 cm³/mol. The summed E-state index contributed by atoms with van der Waals surface area (Å²) in [5, 5.41) is 2.53. The Labute approximate surface area is 76.8 Å². The Morgan fingerprint density at radius 2 is 2.00 bits per heavy atom. The fourth-order valence-electron chi connectivity index (χ4n) is 0.988. The maximum atomic E-state index is 11.0. The van der Waals surface area contributed by atoms with Gasteiger partial charge in [-0.3, -0.25) is 9.59 Å². The van der Waals surface area contributed by atoms with E-state index in [1.807, 2.05) is 0 Å². The Hall–Kier alpha value is -1.64.